The molecule has 0 fully saturated rings. The summed E-state index contributed by atoms with van der Waals surface area (Å²) in [6.07, 6.45) is 13.1. The van der Waals surface area contributed by atoms with E-state index in [0.717, 1.165) is 61.3 Å². The number of sulfone groups is 1. The van der Waals surface area contributed by atoms with Gasteiger partial charge in [-0.15, -0.1) is 10.2 Å². The zero-order valence-electron chi connectivity index (χ0n) is 42.1. The molecule has 0 radical (unpaired) electrons. The van der Waals surface area contributed by atoms with Crippen LogP contribution in [0.2, 0.25) is 0 Å². The van der Waals surface area contributed by atoms with Crippen LogP contribution in [0.15, 0.2) is 148 Å². The number of aromatic nitrogens is 12. The van der Waals surface area contributed by atoms with Crippen LogP contribution in [0.25, 0.3) is 34.7 Å². The van der Waals surface area contributed by atoms with Crippen molar-refractivity contribution < 1.29 is 26.7 Å². The summed E-state index contributed by atoms with van der Waals surface area (Å²) in [7, 11) is 0.588. The molecule has 8 aromatic heterocycles. The molecular weight excluding hydrogens is 993 g/mol. The fraction of sp³-hybridized carbons (Fsp3) is 0.255. The molecule has 25 heteroatoms. The Morgan fingerprint density at radius 1 is 0.605 bits per heavy atom. The van der Waals surface area contributed by atoms with Gasteiger partial charge < -0.3 is 40.8 Å². The summed E-state index contributed by atoms with van der Waals surface area (Å²) in [5, 5.41) is 11.2. The van der Waals surface area contributed by atoms with Crippen LogP contribution in [0.5, 0.6) is 11.5 Å². The van der Waals surface area contributed by atoms with E-state index in [2.05, 4.69) is 116 Å². The molecule has 0 saturated carbocycles. The first kappa shape index (κ1) is 53.4. The molecule has 0 spiro atoms. The first-order valence-corrected chi connectivity index (χ1v) is 25.9. The molecule has 0 aliphatic rings. The van der Waals surface area contributed by atoms with Crippen LogP contribution < -0.4 is 32.0 Å². The number of nitrogens with zero attached hydrogens (tertiary/aromatic N) is 14. The van der Waals surface area contributed by atoms with E-state index in [1.807, 2.05) is 48.8 Å². The number of nitrogen functional groups attached to an aromatic ring is 2. The SMILES string of the molecule is CN(CCOc1ccc(CCN)cc1)Cc1cccnc1.CN(CCOc1ccc(CCNc2nc(N)n3nc(-c4ccco4)nc3n2)cc1)Cc1cccnc1.CS(=O)(=O)c1nc(N)n2nc(-c3ccco3)nc2n1. The second kappa shape index (κ2) is 25.8. The van der Waals surface area contributed by atoms with E-state index >= 15 is 0 Å². The number of anilines is 3. The second-order valence-corrected chi connectivity index (χ2v) is 19.1. The van der Waals surface area contributed by atoms with Gasteiger partial charge in [-0.25, -0.2) is 8.42 Å². The number of hydrogen-bond donors (Lipinski definition) is 4. The Bertz CT molecular complexity index is 3460. The molecule has 0 atom stereocenters. The van der Waals surface area contributed by atoms with Crippen LogP contribution in [0.4, 0.5) is 17.8 Å². The maximum Gasteiger partial charge on any atom is 0.259 e. The van der Waals surface area contributed by atoms with Gasteiger partial charge in [0.25, 0.3) is 16.7 Å². The number of ether oxygens (including phenoxy) is 2. The Labute approximate surface area is 437 Å². The van der Waals surface area contributed by atoms with E-state index in [-0.39, 0.29) is 23.5 Å². The summed E-state index contributed by atoms with van der Waals surface area (Å²) >= 11 is 0. The van der Waals surface area contributed by atoms with Crippen LogP contribution in [-0.2, 0) is 35.8 Å². The van der Waals surface area contributed by atoms with Gasteiger partial charge in [0.1, 0.15) is 24.7 Å². The van der Waals surface area contributed by atoms with Crippen molar-refractivity contribution in [3.8, 4) is 34.7 Å². The van der Waals surface area contributed by atoms with Crippen molar-refractivity contribution in [3.05, 3.63) is 157 Å². The third kappa shape index (κ3) is 15.3. The molecular formula is C51H58N18O6S. The lowest BCUT2D eigenvalue weighted by Gasteiger charge is -2.17. The summed E-state index contributed by atoms with van der Waals surface area (Å²) in [6, 6.07) is 31.2. The topological polar surface area (TPSA) is 313 Å². The Hall–Kier alpha value is -8.91. The molecule has 0 bridgehead atoms. The number of pyridine rings is 2. The molecule has 0 amide bonds. The van der Waals surface area contributed by atoms with Crippen LogP contribution >= 0.6 is 0 Å². The van der Waals surface area contributed by atoms with Gasteiger partial charge in [0, 0.05) is 63.8 Å². The van der Waals surface area contributed by atoms with Crippen molar-refractivity contribution in [2.24, 2.45) is 5.73 Å². The smallest absolute Gasteiger partial charge is 0.259 e. The van der Waals surface area contributed by atoms with Gasteiger partial charge in [-0.1, -0.05) is 36.4 Å². The first-order valence-electron chi connectivity index (χ1n) is 24.0. The number of likely N-dealkylation sites (N-methyl/N-ethyl adjacent to an activating group) is 2. The number of hydrogen-bond acceptors (Lipinski definition) is 22. The molecule has 2 aromatic carbocycles. The highest BCUT2D eigenvalue weighted by Crippen LogP contribution is 2.20. The van der Waals surface area contributed by atoms with Crippen LogP contribution in [0.3, 0.4) is 0 Å². The lowest BCUT2D eigenvalue weighted by Crippen LogP contribution is -2.23. The standard InChI is InChI=1S/C25H27N9O2.C17H23N3O.C9H8N6O3S/c1-33(17-19-4-2-11-27-16-19)13-15-35-20-8-6-18(7-9-20)10-12-28-24-30-23(26)34-25(31-24)29-22(32-34)21-5-3-14-36-21;1-20(14-16-3-2-10-19-13-16)11-12-21-17-6-4-15(5-7-17)8-9-18;1-19(16,17)9-12-7(10)15-8(13-9)11-6(14-15)5-3-2-4-18-5/h2-9,11,14,16H,10,12-13,15,17H2,1H3,(H3,26,28,29,30,31,32);2-7,10,13H,8-9,11-12,14,18H2,1H3;2-4H,1H3,(H2,10,11,12,13,14). The summed E-state index contributed by atoms with van der Waals surface area (Å²) in [6.45, 7) is 6.02. The lowest BCUT2D eigenvalue weighted by atomic mass is 10.1. The Morgan fingerprint density at radius 2 is 1.11 bits per heavy atom. The normalized spacial score (nSPS) is 11.3. The lowest BCUT2D eigenvalue weighted by molar-refractivity contribution is 0.232. The van der Waals surface area contributed by atoms with Gasteiger partial charge in [0.05, 0.1) is 12.5 Å². The Kier molecular flexibility index (Phi) is 18.2. The fourth-order valence-electron chi connectivity index (χ4n) is 7.25. The monoisotopic (exact) mass is 1050 g/mol. The largest absolute Gasteiger partial charge is 0.492 e. The molecule has 0 saturated heterocycles. The number of nitrogens with two attached hydrogens (primary N) is 3. The predicted molar refractivity (Wildman–Crippen MR) is 284 cm³/mol. The van der Waals surface area contributed by atoms with Gasteiger partial charge in [-0.3, -0.25) is 19.8 Å². The highest BCUT2D eigenvalue weighted by Gasteiger charge is 2.19. The third-order valence-electron chi connectivity index (χ3n) is 11.1. The average Bonchev–Trinajstić information content (AvgIpc) is 4.28. The number of fused-ring (bicyclic) bond motifs is 2. The van der Waals surface area contributed by atoms with E-state index in [0.29, 0.717) is 55.4 Å². The van der Waals surface area contributed by atoms with Gasteiger partial charge in [-0.05, 0) is 116 Å². The van der Waals surface area contributed by atoms with Gasteiger partial charge in [0.15, 0.2) is 11.5 Å². The minimum absolute atomic E-state index is 0.0410. The molecule has 76 heavy (non-hydrogen) atoms. The summed E-state index contributed by atoms with van der Waals surface area (Å²) in [5.41, 5.74) is 22.0. The van der Waals surface area contributed by atoms with Crippen molar-refractivity contribution in [2.45, 2.75) is 31.1 Å². The molecule has 7 N–H and O–H groups in total. The molecule has 0 unspecified atom stereocenters. The number of furan rings is 2. The van der Waals surface area contributed by atoms with E-state index in [4.69, 9.17) is 35.5 Å². The molecule has 10 rings (SSSR count). The second-order valence-electron chi connectivity index (χ2n) is 17.2. The quantitative estimate of drug-likeness (QED) is 0.0752. The highest BCUT2D eigenvalue weighted by atomic mass is 32.2. The zero-order valence-corrected chi connectivity index (χ0v) is 42.9. The average molecular weight is 1050 g/mol. The van der Waals surface area contributed by atoms with Crippen molar-refractivity contribution in [3.63, 3.8) is 0 Å². The number of benzene rings is 2. The highest BCUT2D eigenvalue weighted by molar-refractivity contribution is 7.90. The van der Waals surface area contributed by atoms with Crippen molar-refractivity contribution in [2.75, 3.05) is 76.5 Å². The van der Waals surface area contributed by atoms with Crippen molar-refractivity contribution in [1.29, 1.82) is 0 Å². The number of rotatable bonds is 21. The van der Waals surface area contributed by atoms with E-state index < -0.39 is 15.0 Å². The summed E-state index contributed by atoms with van der Waals surface area (Å²) in [4.78, 5) is 37.3. The molecule has 0 aliphatic heterocycles. The maximum absolute atomic E-state index is 11.4. The molecule has 8 heterocycles. The van der Waals surface area contributed by atoms with E-state index in [1.165, 1.54) is 33.0 Å². The maximum atomic E-state index is 11.4. The predicted octanol–water partition coefficient (Wildman–Crippen LogP) is 4.78. The summed E-state index contributed by atoms with van der Waals surface area (Å²) < 4.78 is 47.5. The van der Waals surface area contributed by atoms with Gasteiger partial charge >= 0.3 is 0 Å². The number of nitrogens with one attached hydrogen (secondary N) is 1. The fourth-order valence-corrected chi connectivity index (χ4v) is 7.76. The molecule has 0 aliphatic carbocycles. The molecule has 394 valence electrons. The third-order valence-corrected chi connectivity index (χ3v) is 11.9. The Morgan fingerprint density at radius 3 is 1.57 bits per heavy atom. The van der Waals surface area contributed by atoms with E-state index in [1.54, 1.807) is 42.9 Å². The summed E-state index contributed by atoms with van der Waals surface area (Å²) in [5.74, 6) is 4.24. The van der Waals surface area contributed by atoms with Gasteiger partial charge in [-0.2, -0.15) is 38.9 Å². The molecule has 24 nitrogen and oxygen atoms in total. The van der Waals surface area contributed by atoms with Crippen LogP contribution in [0, 0.1) is 0 Å². The Balaban J connectivity index is 0.000000163. The van der Waals surface area contributed by atoms with Crippen molar-refractivity contribution >= 4 is 39.2 Å². The minimum Gasteiger partial charge on any atom is -0.492 e. The van der Waals surface area contributed by atoms with Crippen LogP contribution in [-0.4, -0.2) is 137 Å². The van der Waals surface area contributed by atoms with Gasteiger partial charge in [0.2, 0.25) is 39.3 Å². The van der Waals surface area contributed by atoms with Crippen LogP contribution in [0.1, 0.15) is 22.3 Å². The first-order chi connectivity index (χ1) is 36.9. The zero-order chi connectivity index (χ0) is 53.3. The molecule has 10 aromatic rings. The minimum atomic E-state index is -3.57. The van der Waals surface area contributed by atoms with Crippen molar-refractivity contribution in [1.82, 2.24) is 68.9 Å². The van der Waals surface area contributed by atoms with E-state index in [9.17, 15) is 8.42 Å².